The molecule has 1 saturated heterocycles. The average Bonchev–Trinajstić information content (AvgIpc) is 3.12. The molecule has 1 N–H and O–H groups in total. The number of anilines is 1. The number of halogens is 1. The third-order valence-corrected chi connectivity index (χ3v) is 3.58. The average molecular weight is 354 g/mol. The molecule has 1 aromatic carbocycles. The highest BCUT2D eigenvalue weighted by Crippen LogP contribution is 2.33. The minimum absolute atomic E-state index is 0.101. The van der Waals surface area contributed by atoms with E-state index in [4.69, 9.17) is 21.4 Å². The van der Waals surface area contributed by atoms with Crippen molar-refractivity contribution in [1.82, 2.24) is 9.97 Å². The predicted molar refractivity (Wildman–Crippen MR) is 101 cm³/mol. The molecule has 1 aliphatic rings. The van der Waals surface area contributed by atoms with Gasteiger partial charge in [0.15, 0.2) is 0 Å². The van der Waals surface area contributed by atoms with Crippen molar-refractivity contribution in [2.24, 2.45) is 0 Å². The first kappa shape index (κ1) is 20.5. The normalized spacial score (nSPS) is 13.2. The summed E-state index contributed by atoms with van der Waals surface area (Å²) in [5.41, 5.74) is 0.795. The third kappa shape index (κ3) is 4.95. The topological polar surface area (TPSA) is 58.5 Å². The van der Waals surface area contributed by atoms with Crippen LogP contribution in [0.5, 0.6) is 5.75 Å². The molecule has 2 aromatic rings. The Kier molecular flexibility index (Phi) is 8.79. The fourth-order valence-corrected chi connectivity index (χ4v) is 2.77. The van der Waals surface area contributed by atoms with Crippen LogP contribution in [0.25, 0.3) is 10.9 Å². The first-order valence-corrected chi connectivity index (χ1v) is 8.85. The van der Waals surface area contributed by atoms with Crippen LogP contribution < -0.4 is 9.64 Å². The highest BCUT2D eigenvalue weighted by molar-refractivity contribution is 6.29. The van der Waals surface area contributed by atoms with Crippen LogP contribution in [0.4, 0.5) is 5.82 Å². The molecule has 3 rings (SSSR count). The number of ether oxygens (including phenoxy) is 1. The Balaban J connectivity index is 0.000000671. The number of para-hydroxylation sites is 1. The zero-order chi connectivity index (χ0) is 18.1. The number of aromatic nitrogens is 2. The largest absolute Gasteiger partial charge is 0.489 e. The van der Waals surface area contributed by atoms with E-state index in [1.165, 1.54) is 12.8 Å². The molecule has 0 unspecified atom stereocenters. The lowest BCUT2D eigenvalue weighted by molar-refractivity contribution is 0.245. The monoisotopic (exact) mass is 353 g/mol. The van der Waals surface area contributed by atoms with Gasteiger partial charge in [0.1, 0.15) is 17.1 Å². The van der Waals surface area contributed by atoms with Gasteiger partial charge in [-0.05, 0) is 50.4 Å². The van der Waals surface area contributed by atoms with Crippen molar-refractivity contribution in [1.29, 1.82) is 0 Å². The van der Waals surface area contributed by atoms with Gasteiger partial charge >= 0.3 is 0 Å². The second-order valence-corrected chi connectivity index (χ2v) is 5.67. The molecule has 0 atom stereocenters. The maximum atomic E-state index is 7.00. The Morgan fingerprint density at radius 1 is 1.12 bits per heavy atom. The predicted octanol–water partition coefficient (Wildman–Crippen LogP) is 4.31. The molecule has 0 spiro atoms. The molecular formula is C18H28ClN3O2. The maximum Gasteiger partial charge on any atom is 0.225 e. The highest BCUT2D eigenvalue weighted by Gasteiger charge is 2.19. The molecule has 0 saturated carbocycles. The van der Waals surface area contributed by atoms with Crippen LogP contribution in [0.3, 0.4) is 0 Å². The van der Waals surface area contributed by atoms with E-state index in [-0.39, 0.29) is 11.4 Å². The van der Waals surface area contributed by atoms with E-state index in [1.54, 1.807) is 0 Å². The maximum absolute atomic E-state index is 7.00. The van der Waals surface area contributed by atoms with Crippen molar-refractivity contribution in [2.45, 2.75) is 46.6 Å². The Bertz CT molecular complexity index is 629. The van der Waals surface area contributed by atoms with E-state index >= 15 is 0 Å². The molecule has 2 heterocycles. The number of fused-ring (bicyclic) bond motifs is 1. The Hall–Kier alpha value is -1.59. The minimum atomic E-state index is 0.101. The Morgan fingerprint density at radius 3 is 2.33 bits per heavy atom. The van der Waals surface area contributed by atoms with Gasteiger partial charge in [0, 0.05) is 25.6 Å². The minimum Gasteiger partial charge on any atom is -0.489 e. The molecule has 1 aromatic heterocycles. The van der Waals surface area contributed by atoms with Gasteiger partial charge in [-0.2, -0.15) is 4.98 Å². The first-order valence-electron chi connectivity index (χ1n) is 8.48. The van der Waals surface area contributed by atoms with Gasteiger partial charge in [0.2, 0.25) is 5.28 Å². The summed E-state index contributed by atoms with van der Waals surface area (Å²) in [4.78, 5) is 11.1. The van der Waals surface area contributed by atoms with Crippen molar-refractivity contribution in [3.63, 3.8) is 0 Å². The van der Waals surface area contributed by atoms with Crippen LogP contribution in [-0.2, 0) is 0 Å². The lowest BCUT2D eigenvalue weighted by Crippen LogP contribution is -2.19. The van der Waals surface area contributed by atoms with E-state index in [0.717, 1.165) is 42.7 Å². The Morgan fingerprint density at radius 2 is 1.75 bits per heavy atom. The summed E-state index contributed by atoms with van der Waals surface area (Å²) in [5.74, 6) is 1.69. The van der Waals surface area contributed by atoms with Crippen LogP contribution in [-0.4, -0.2) is 41.4 Å². The Labute approximate surface area is 149 Å². The number of aliphatic hydroxyl groups excluding tert-OH is 1. The summed E-state index contributed by atoms with van der Waals surface area (Å²) < 4.78 is 5.83. The molecule has 0 aliphatic carbocycles. The van der Waals surface area contributed by atoms with Crippen molar-refractivity contribution >= 4 is 28.3 Å². The standard InChI is InChI=1S/C15H18ClN3O.C2H6.CH4O/c1-10(2)20-12-7-5-6-11-13(12)17-15(16)18-14(11)19-8-3-4-9-19;2*1-2/h5-7,10H,3-4,8-9H2,1-2H3;1-2H3;2H,1H3. The smallest absolute Gasteiger partial charge is 0.225 e. The molecule has 1 aliphatic heterocycles. The van der Waals surface area contributed by atoms with Gasteiger partial charge in [-0.1, -0.05) is 19.9 Å². The van der Waals surface area contributed by atoms with E-state index in [9.17, 15) is 0 Å². The fourth-order valence-electron chi connectivity index (χ4n) is 2.60. The summed E-state index contributed by atoms with van der Waals surface area (Å²) in [5, 5.41) is 8.29. The van der Waals surface area contributed by atoms with Crippen LogP contribution in [0, 0.1) is 0 Å². The van der Waals surface area contributed by atoms with Crippen LogP contribution in [0.15, 0.2) is 18.2 Å². The quantitative estimate of drug-likeness (QED) is 0.833. The summed E-state index contributed by atoms with van der Waals surface area (Å²) in [6.07, 6.45) is 2.50. The second kappa shape index (κ2) is 10.3. The molecule has 0 bridgehead atoms. The van der Waals surface area contributed by atoms with Crippen molar-refractivity contribution in [3.05, 3.63) is 23.5 Å². The van der Waals surface area contributed by atoms with Gasteiger partial charge in [-0.15, -0.1) is 0 Å². The van der Waals surface area contributed by atoms with Gasteiger partial charge in [-0.3, -0.25) is 0 Å². The zero-order valence-electron chi connectivity index (χ0n) is 15.2. The number of hydrogen-bond donors (Lipinski definition) is 1. The van der Waals surface area contributed by atoms with Gasteiger partial charge in [0.25, 0.3) is 0 Å². The van der Waals surface area contributed by atoms with Gasteiger partial charge < -0.3 is 14.7 Å². The van der Waals surface area contributed by atoms with E-state index in [0.29, 0.717) is 0 Å². The number of hydrogen-bond acceptors (Lipinski definition) is 5. The van der Waals surface area contributed by atoms with Crippen LogP contribution in [0.2, 0.25) is 5.28 Å². The summed E-state index contributed by atoms with van der Waals surface area (Å²) in [6, 6.07) is 5.95. The summed E-state index contributed by atoms with van der Waals surface area (Å²) in [6.45, 7) is 10.1. The number of nitrogens with zero attached hydrogens (tertiary/aromatic N) is 3. The van der Waals surface area contributed by atoms with Crippen LogP contribution >= 0.6 is 11.6 Å². The third-order valence-electron chi connectivity index (χ3n) is 3.41. The fraction of sp³-hybridized carbons (Fsp3) is 0.556. The van der Waals surface area contributed by atoms with E-state index in [2.05, 4.69) is 14.9 Å². The molecule has 0 radical (unpaired) electrons. The lowest BCUT2D eigenvalue weighted by Gasteiger charge is -2.19. The molecule has 5 nitrogen and oxygen atoms in total. The van der Waals surface area contributed by atoms with E-state index in [1.807, 2.05) is 45.9 Å². The molecular weight excluding hydrogens is 326 g/mol. The molecule has 6 heteroatoms. The number of rotatable bonds is 3. The SMILES string of the molecule is CC.CC(C)Oc1cccc2c(N3CCCC3)nc(Cl)nc12.CO. The van der Waals surface area contributed by atoms with Crippen molar-refractivity contribution in [2.75, 3.05) is 25.1 Å². The molecule has 134 valence electrons. The first-order chi connectivity index (χ1) is 11.6. The van der Waals surface area contributed by atoms with Crippen molar-refractivity contribution in [3.8, 4) is 5.75 Å². The second-order valence-electron chi connectivity index (χ2n) is 5.33. The number of benzene rings is 1. The molecule has 1 fully saturated rings. The summed E-state index contributed by atoms with van der Waals surface area (Å²) in [7, 11) is 1.00. The van der Waals surface area contributed by atoms with Gasteiger partial charge in [0.05, 0.1) is 6.10 Å². The lowest BCUT2D eigenvalue weighted by atomic mass is 10.2. The van der Waals surface area contributed by atoms with Crippen molar-refractivity contribution < 1.29 is 9.84 Å². The van der Waals surface area contributed by atoms with Crippen LogP contribution in [0.1, 0.15) is 40.5 Å². The molecule has 0 amide bonds. The highest BCUT2D eigenvalue weighted by atomic mass is 35.5. The van der Waals surface area contributed by atoms with E-state index < -0.39 is 0 Å². The van der Waals surface area contributed by atoms with Gasteiger partial charge in [-0.25, -0.2) is 4.98 Å². The molecule has 24 heavy (non-hydrogen) atoms. The number of aliphatic hydroxyl groups is 1. The summed E-state index contributed by atoms with van der Waals surface area (Å²) >= 11 is 6.11. The zero-order valence-corrected chi connectivity index (χ0v) is 16.0.